The number of benzene rings is 2. The number of hydrogen-bond donors (Lipinski definition) is 2. The van der Waals surface area contributed by atoms with Gasteiger partial charge in [-0.05, 0) is 37.3 Å². The minimum absolute atomic E-state index is 0.138. The van der Waals surface area contributed by atoms with Gasteiger partial charge in [0.25, 0.3) is 0 Å². The lowest BCUT2D eigenvalue weighted by Gasteiger charge is -2.06. The Kier molecular flexibility index (Phi) is 4.56. The van der Waals surface area contributed by atoms with Gasteiger partial charge in [0.2, 0.25) is 11.8 Å². The van der Waals surface area contributed by atoms with Crippen LogP contribution in [0.15, 0.2) is 52.9 Å². The van der Waals surface area contributed by atoms with Crippen LogP contribution in [0.4, 0.5) is 11.4 Å². The zero-order chi connectivity index (χ0) is 17.8. The maximum Gasteiger partial charge on any atom is 0.313 e. The van der Waals surface area contributed by atoms with Gasteiger partial charge in [-0.3, -0.25) is 9.59 Å². The predicted octanol–water partition coefficient (Wildman–Crippen LogP) is 3.26. The highest BCUT2D eigenvalue weighted by atomic mass is 16.4. The lowest BCUT2D eigenvalue weighted by atomic mass is 10.1. The molecule has 0 saturated heterocycles. The molecule has 2 N–H and O–H groups in total. The molecule has 1 heterocycles. The molecule has 3 rings (SSSR count). The molecule has 0 aliphatic rings. The molecule has 0 radical (unpaired) electrons. The average Bonchev–Trinajstić information content (AvgIpc) is 3.05. The Morgan fingerprint density at radius 2 is 1.64 bits per heavy atom. The molecule has 0 fully saturated rings. The second-order valence-electron chi connectivity index (χ2n) is 5.49. The highest BCUT2D eigenvalue weighted by Crippen LogP contribution is 2.20. The summed E-state index contributed by atoms with van der Waals surface area (Å²) in [6.45, 7) is 3.39. The quantitative estimate of drug-likeness (QED) is 0.762. The van der Waals surface area contributed by atoms with Crippen molar-refractivity contribution in [2.24, 2.45) is 0 Å². The van der Waals surface area contributed by atoms with Gasteiger partial charge in [-0.15, -0.1) is 10.2 Å². The van der Waals surface area contributed by atoms with E-state index in [-0.39, 0.29) is 17.7 Å². The number of aromatic nitrogens is 2. The second-order valence-corrected chi connectivity index (χ2v) is 5.49. The average molecular weight is 336 g/mol. The van der Waals surface area contributed by atoms with Crippen molar-refractivity contribution in [3.05, 3.63) is 60.0 Å². The molecule has 0 saturated carbocycles. The van der Waals surface area contributed by atoms with Gasteiger partial charge in [0.05, 0.1) is 0 Å². The van der Waals surface area contributed by atoms with Crippen molar-refractivity contribution >= 4 is 23.2 Å². The first-order valence-corrected chi connectivity index (χ1v) is 7.61. The van der Waals surface area contributed by atoms with Gasteiger partial charge in [0, 0.05) is 23.9 Å². The molecule has 126 valence electrons. The molecule has 7 nitrogen and oxygen atoms in total. The van der Waals surface area contributed by atoms with E-state index in [4.69, 9.17) is 4.42 Å². The van der Waals surface area contributed by atoms with E-state index >= 15 is 0 Å². The third-order valence-electron chi connectivity index (χ3n) is 3.36. The number of amides is 2. The number of aryl methyl sites for hydroxylation is 1. The summed E-state index contributed by atoms with van der Waals surface area (Å²) >= 11 is 0. The van der Waals surface area contributed by atoms with E-state index < -0.39 is 5.91 Å². The fourth-order valence-corrected chi connectivity index (χ4v) is 2.19. The summed E-state index contributed by atoms with van der Waals surface area (Å²) in [4.78, 5) is 23.3. The maximum atomic E-state index is 12.3. The number of hydrogen-bond acceptors (Lipinski definition) is 5. The van der Waals surface area contributed by atoms with Crippen LogP contribution in [0.2, 0.25) is 0 Å². The summed E-state index contributed by atoms with van der Waals surface area (Å²) in [5.74, 6) is -0.577. The standard InChI is InChI=1S/C18H16N4O3/c1-11-6-8-13(9-7-11)17-21-22-18(25-17)16(24)20-15-5-3-4-14(10-15)19-12(2)23/h3-10H,1-2H3,(H,19,23)(H,20,24). The number of nitrogens with zero attached hydrogens (tertiary/aromatic N) is 2. The Morgan fingerprint density at radius 1 is 0.960 bits per heavy atom. The van der Waals surface area contributed by atoms with E-state index in [1.807, 2.05) is 31.2 Å². The monoisotopic (exact) mass is 336 g/mol. The molecule has 0 aliphatic carbocycles. The lowest BCUT2D eigenvalue weighted by Crippen LogP contribution is -2.13. The molecule has 0 bridgehead atoms. The zero-order valence-electron chi connectivity index (χ0n) is 13.7. The maximum absolute atomic E-state index is 12.3. The molecule has 0 spiro atoms. The molecule has 25 heavy (non-hydrogen) atoms. The van der Waals surface area contributed by atoms with E-state index in [9.17, 15) is 9.59 Å². The van der Waals surface area contributed by atoms with Crippen LogP contribution in [-0.4, -0.2) is 22.0 Å². The van der Waals surface area contributed by atoms with Crippen LogP contribution >= 0.6 is 0 Å². The minimum atomic E-state index is -0.522. The highest BCUT2D eigenvalue weighted by molar-refractivity contribution is 6.01. The van der Waals surface area contributed by atoms with Crippen LogP contribution in [-0.2, 0) is 4.79 Å². The summed E-state index contributed by atoms with van der Waals surface area (Å²) in [5.41, 5.74) is 2.94. The Labute approximate surface area is 144 Å². The van der Waals surface area contributed by atoms with Crippen molar-refractivity contribution in [2.75, 3.05) is 10.6 Å². The molecular formula is C18H16N4O3. The minimum Gasteiger partial charge on any atom is -0.412 e. The van der Waals surface area contributed by atoms with Gasteiger partial charge in [-0.2, -0.15) is 0 Å². The fourth-order valence-electron chi connectivity index (χ4n) is 2.19. The normalized spacial score (nSPS) is 10.3. The number of anilines is 2. The van der Waals surface area contributed by atoms with Crippen molar-refractivity contribution in [1.29, 1.82) is 0 Å². The first kappa shape index (κ1) is 16.4. The van der Waals surface area contributed by atoms with Crippen LogP contribution in [0.25, 0.3) is 11.5 Å². The molecule has 2 amide bonds. The van der Waals surface area contributed by atoms with E-state index in [2.05, 4.69) is 20.8 Å². The summed E-state index contributed by atoms with van der Waals surface area (Å²) in [5, 5.41) is 13.0. The number of carbonyl (C=O) groups excluding carboxylic acids is 2. The van der Waals surface area contributed by atoms with Crippen LogP contribution in [0.5, 0.6) is 0 Å². The van der Waals surface area contributed by atoms with Crippen LogP contribution in [0.3, 0.4) is 0 Å². The third-order valence-corrected chi connectivity index (χ3v) is 3.36. The number of carbonyl (C=O) groups is 2. The van der Waals surface area contributed by atoms with E-state index in [1.165, 1.54) is 6.92 Å². The zero-order valence-corrected chi connectivity index (χ0v) is 13.7. The second kappa shape index (κ2) is 6.96. The third kappa shape index (κ3) is 4.08. The van der Waals surface area contributed by atoms with E-state index in [0.29, 0.717) is 11.4 Å². The van der Waals surface area contributed by atoms with Gasteiger partial charge < -0.3 is 15.1 Å². The van der Waals surface area contributed by atoms with Crippen LogP contribution < -0.4 is 10.6 Å². The van der Waals surface area contributed by atoms with Crippen LogP contribution in [0, 0.1) is 6.92 Å². The molecule has 2 aromatic carbocycles. The van der Waals surface area contributed by atoms with E-state index in [0.717, 1.165) is 11.1 Å². The first-order chi connectivity index (χ1) is 12.0. The smallest absolute Gasteiger partial charge is 0.313 e. The topological polar surface area (TPSA) is 97.1 Å². The Balaban J connectivity index is 1.74. The highest BCUT2D eigenvalue weighted by Gasteiger charge is 2.16. The Bertz CT molecular complexity index is 916. The van der Waals surface area contributed by atoms with Crippen LogP contribution in [0.1, 0.15) is 23.2 Å². The summed E-state index contributed by atoms with van der Waals surface area (Å²) < 4.78 is 5.43. The Morgan fingerprint density at radius 3 is 2.32 bits per heavy atom. The van der Waals surface area contributed by atoms with Gasteiger partial charge >= 0.3 is 11.8 Å². The van der Waals surface area contributed by atoms with Gasteiger partial charge in [-0.25, -0.2) is 0 Å². The summed E-state index contributed by atoms with van der Waals surface area (Å²) in [6, 6.07) is 14.3. The molecule has 3 aromatic rings. The van der Waals surface area contributed by atoms with Crippen molar-refractivity contribution in [3.63, 3.8) is 0 Å². The largest absolute Gasteiger partial charge is 0.412 e. The van der Waals surface area contributed by atoms with Gasteiger partial charge in [0.1, 0.15) is 0 Å². The van der Waals surface area contributed by atoms with E-state index in [1.54, 1.807) is 24.3 Å². The number of nitrogens with one attached hydrogen (secondary N) is 2. The number of rotatable bonds is 4. The predicted molar refractivity (Wildman–Crippen MR) is 93.2 cm³/mol. The fraction of sp³-hybridized carbons (Fsp3) is 0.111. The van der Waals surface area contributed by atoms with Crippen molar-refractivity contribution in [1.82, 2.24) is 10.2 Å². The molecule has 0 atom stereocenters. The van der Waals surface area contributed by atoms with Crippen molar-refractivity contribution in [2.45, 2.75) is 13.8 Å². The van der Waals surface area contributed by atoms with Gasteiger partial charge in [0.15, 0.2) is 0 Å². The molecule has 7 heteroatoms. The summed E-state index contributed by atoms with van der Waals surface area (Å²) in [7, 11) is 0. The molecule has 0 unspecified atom stereocenters. The summed E-state index contributed by atoms with van der Waals surface area (Å²) in [6.07, 6.45) is 0. The Hall–Kier alpha value is -3.48. The molecule has 1 aromatic heterocycles. The van der Waals surface area contributed by atoms with Gasteiger partial charge in [-0.1, -0.05) is 23.8 Å². The first-order valence-electron chi connectivity index (χ1n) is 7.61. The van der Waals surface area contributed by atoms with Crippen molar-refractivity contribution < 1.29 is 14.0 Å². The lowest BCUT2D eigenvalue weighted by molar-refractivity contribution is -0.114. The van der Waals surface area contributed by atoms with Crippen molar-refractivity contribution in [3.8, 4) is 11.5 Å². The molecule has 0 aliphatic heterocycles. The SMILES string of the molecule is CC(=O)Nc1cccc(NC(=O)c2nnc(-c3ccc(C)cc3)o2)c1. The molecular weight excluding hydrogens is 320 g/mol.